The second kappa shape index (κ2) is 12.2. The van der Waals surface area contributed by atoms with Gasteiger partial charge in [0, 0.05) is 19.0 Å². The van der Waals surface area contributed by atoms with Crippen molar-refractivity contribution in [2.75, 3.05) is 19.8 Å². The number of para-hydroxylation sites is 1. The smallest absolute Gasteiger partial charge is 0.306 e. The van der Waals surface area contributed by atoms with Crippen LogP contribution >= 0.6 is 12.4 Å². The number of halogens is 1. The minimum atomic E-state index is -0.569. The van der Waals surface area contributed by atoms with E-state index < -0.39 is 6.10 Å². The molecular weight excluding hydrogens is 318 g/mol. The number of aliphatic hydroxyl groups is 1. The molecule has 1 aromatic carbocycles. The van der Waals surface area contributed by atoms with Crippen LogP contribution in [0.2, 0.25) is 0 Å². The number of carbonyl (C=O) groups excluding carboxylic acids is 1. The first kappa shape index (κ1) is 21.7. The van der Waals surface area contributed by atoms with E-state index >= 15 is 0 Å². The molecule has 5 nitrogen and oxygen atoms in total. The van der Waals surface area contributed by atoms with E-state index in [1.807, 2.05) is 38.1 Å². The van der Waals surface area contributed by atoms with Crippen molar-refractivity contribution in [1.29, 1.82) is 0 Å². The first-order valence-corrected chi connectivity index (χ1v) is 7.80. The lowest BCUT2D eigenvalue weighted by Crippen LogP contribution is -2.35. The van der Waals surface area contributed by atoms with Gasteiger partial charge in [0.1, 0.15) is 18.5 Å². The summed E-state index contributed by atoms with van der Waals surface area (Å²) in [4.78, 5) is 11.4. The van der Waals surface area contributed by atoms with Crippen molar-refractivity contribution < 1.29 is 19.4 Å². The molecule has 1 rings (SSSR count). The van der Waals surface area contributed by atoms with Gasteiger partial charge >= 0.3 is 5.97 Å². The first-order valence-electron chi connectivity index (χ1n) is 7.80. The molecule has 0 aliphatic carbocycles. The van der Waals surface area contributed by atoms with Crippen LogP contribution in [-0.4, -0.2) is 43.0 Å². The van der Waals surface area contributed by atoms with Crippen molar-refractivity contribution in [2.24, 2.45) is 0 Å². The fourth-order valence-electron chi connectivity index (χ4n) is 1.94. The maximum Gasteiger partial charge on any atom is 0.306 e. The largest absolute Gasteiger partial charge is 0.491 e. The summed E-state index contributed by atoms with van der Waals surface area (Å²) >= 11 is 0. The van der Waals surface area contributed by atoms with Crippen molar-refractivity contribution >= 4 is 18.4 Å². The molecule has 0 fully saturated rings. The topological polar surface area (TPSA) is 67.8 Å². The second-order valence-corrected chi connectivity index (χ2v) is 5.44. The average Bonchev–Trinajstić information content (AvgIpc) is 2.50. The van der Waals surface area contributed by atoms with E-state index in [2.05, 4.69) is 5.32 Å². The Morgan fingerprint density at radius 2 is 2.00 bits per heavy atom. The molecule has 0 bridgehead atoms. The first-order chi connectivity index (χ1) is 10.5. The number of nitrogens with one attached hydrogen (secondary N) is 1. The Bertz CT molecular complexity index is 454. The number of carbonyl (C=O) groups is 1. The molecule has 0 saturated heterocycles. The second-order valence-electron chi connectivity index (χ2n) is 5.44. The third-order valence-electron chi connectivity index (χ3n) is 3.07. The maximum atomic E-state index is 11.4. The van der Waals surface area contributed by atoms with Crippen LogP contribution in [0.25, 0.3) is 0 Å². The summed E-state index contributed by atoms with van der Waals surface area (Å²) in [6, 6.07) is 7.88. The van der Waals surface area contributed by atoms with Crippen molar-refractivity contribution in [1.82, 2.24) is 5.32 Å². The standard InChI is InChI=1S/C17H27NO4.ClH/c1-4-21-17(20)10-9-14-7-5-6-8-16(14)22-12-15(19)11-18-13(2)3;/h5-8,13,15,18-19H,4,9-12H2,1-3H3;1H. The van der Waals surface area contributed by atoms with Crippen LogP contribution in [0.4, 0.5) is 0 Å². The van der Waals surface area contributed by atoms with Crippen molar-refractivity contribution in [3.8, 4) is 5.75 Å². The molecule has 6 heteroatoms. The number of rotatable bonds is 10. The summed E-state index contributed by atoms with van der Waals surface area (Å²) in [5.41, 5.74) is 0.944. The fourth-order valence-corrected chi connectivity index (χ4v) is 1.94. The third-order valence-corrected chi connectivity index (χ3v) is 3.07. The monoisotopic (exact) mass is 345 g/mol. The lowest BCUT2D eigenvalue weighted by molar-refractivity contribution is -0.143. The molecule has 0 amide bonds. The van der Waals surface area contributed by atoms with Crippen LogP contribution < -0.4 is 10.1 Å². The molecule has 1 unspecified atom stereocenters. The Morgan fingerprint density at radius 3 is 2.65 bits per heavy atom. The third kappa shape index (κ3) is 9.43. The van der Waals surface area contributed by atoms with Crippen molar-refractivity contribution in [3.05, 3.63) is 29.8 Å². The van der Waals surface area contributed by atoms with E-state index in [0.29, 0.717) is 37.8 Å². The minimum Gasteiger partial charge on any atom is -0.491 e. The maximum absolute atomic E-state index is 11.4. The molecule has 0 saturated carbocycles. The molecule has 0 heterocycles. The van der Waals surface area contributed by atoms with Crippen LogP contribution in [0, 0.1) is 0 Å². The number of benzene rings is 1. The number of esters is 1. The minimum absolute atomic E-state index is 0. The molecule has 0 spiro atoms. The van der Waals surface area contributed by atoms with Gasteiger partial charge in [-0.15, -0.1) is 12.4 Å². The van der Waals surface area contributed by atoms with Crippen LogP contribution in [0.15, 0.2) is 24.3 Å². The van der Waals surface area contributed by atoms with Crippen molar-refractivity contribution in [3.63, 3.8) is 0 Å². The van der Waals surface area contributed by atoms with Crippen molar-refractivity contribution in [2.45, 2.75) is 45.8 Å². The highest BCUT2D eigenvalue weighted by Crippen LogP contribution is 2.20. The van der Waals surface area contributed by atoms with E-state index in [9.17, 15) is 9.90 Å². The van der Waals surface area contributed by atoms with Gasteiger partial charge in [0.15, 0.2) is 0 Å². The molecule has 1 aromatic rings. The van der Waals surface area contributed by atoms with Gasteiger partial charge in [-0.3, -0.25) is 4.79 Å². The fraction of sp³-hybridized carbons (Fsp3) is 0.588. The normalized spacial score (nSPS) is 11.7. The molecular formula is C17H28ClNO4. The highest BCUT2D eigenvalue weighted by molar-refractivity contribution is 5.85. The van der Waals surface area contributed by atoms with Crippen LogP contribution in [0.5, 0.6) is 5.75 Å². The van der Waals surface area contributed by atoms with E-state index in [1.165, 1.54) is 0 Å². The number of hydrogen-bond acceptors (Lipinski definition) is 5. The van der Waals surface area contributed by atoms with Crippen LogP contribution in [0.3, 0.4) is 0 Å². The number of aliphatic hydroxyl groups excluding tert-OH is 1. The highest BCUT2D eigenvalue weighted by atomic mass is 35.5. The van der Waals surface area contributed by atoms with E-state index in [-0.39, 0.29) is 25.0 Å². The number of hydrogen-bond donors (Lipinski definition) is 2. The highest BCUT2D eigenvalue weighted by Gasteiger charge is 2.10. The Balaban J connectivity index is 0.00000484. The van der Waals surface area contributed by atoms with E-state index in [1.54, 1.807) is 6.92 Å². The van der Waals surface area contributed by atoms with E-state index in [0.717, 1.165) is 5.56 Å². The average molecular weight is 346 g/mol. The lowest BCUT2D eigenvalue weighted by atomic mass is 10.1. The lowest BCUT2D eigenvalue weighted by Gasteiger charge is -2.16. The summed E-state index contributed by atoms with van der Waals surface area (Å²) in [6.45, 7) is 6.95. The molecule has 23 heavy (non-hydrogen) atoms. The molecule has 1 atom stereocenters. The molecule has 0 aliphatic rings. The Morgan fingerprint density at radius 1 is 1.30 bits per heavy atom. The summed E-state index contributed by atoms with van der Waals surface area (Å²) in [5.74, 6) is 0.494. The zero-order valence-corrected chi connectivity index (χ0v) is 14.9. The summed E-state index contributed by atoms with van der Waals surface area (Å²) in [6.07, 6.45) is 0.321. The SMILES string of the molecule is CCOC(=O)CCc1ccccc1OCC(O)CNC(C)C.Cl. The zero-order valence-electron chi connectivity index (χ0n) is 14.1. The van der Waals surface area contributed by atoms with Gasteiger partial charge in [-0.25, -0.2) is 0 Å². The van der Waals surface area contributed by atoms with Gasteiger partial charge < -0.3 is 19.9 Å². The summed E-state index contributed by atoms with van der Waals surface area (Å²) < 4.78 is 10.6. The predicted molar refractivity (Wildman–Crippen MR) is 93.3 cm³/mol. The van der Waals surface area contributed by atoms with Gasteiger partial charge in [-0.1, -0.05) is 32.0 Å². The van der Waals surface area contributed by atoms with Gasteiger partial charge in [0.2, 0.25) is 0 Å². The zero-order chi connectivity index (χ0) is 16.4. The van der Waals surface area contributed by atoms with Crippen LogP contribution in [-0.2, 0) is 16.0 Å². The molecule has 0 aromatic heterocycles. The number of aryl methyl sites for hydroxylation is 1. The van der Waals surface area contributed by atoms with Gasteiger partial charge in [0.05, 0.1) is 6.61 Å². The molecule has 0 radical (unpaired) electrons. The molecule has 2 N–H and O–H groups in total. The van der Waals surface area contributed by atoms with Gasteiger partial charge in [-0.05, 0) is 25.0 Å². The van der Waals surface area contributed by atoms with Gasteiger partial charge in [-0.2, -0.15) is 0 Å². The quantitative estimate of drug-likeness (QED) is 0.637. The Kier molecular flexibility index (Phi) is 11.5. The summed E-state index contributed by atoms with van der Waals surface area (Å²) in [7, 11) is 0. The molecule has 0 aliphatic heterocycles. The Labute approximate surface area is 144 Å². The Hall–Kier alpha value is -1.30. The molecule has 132 valence electrons. The van der Waals surface area contributed by atoms with Gasteiger partial charge in [0.25, 0.3) is 0 Å². The number of ether oxygens (including phenoxy) is 2. The van der Waals surface area contributed by atoms with E-state index in [4.69, 9.17) is 9.47 Å². The summed E-state index contributed by atoms with van der Waals surface area (Å²) in [5, 5.41) is 13.0. The predicted octanol–water partition coefficient (Wildman–Crippen LogP) is 2.34. The van der Waals surface area contributed by atoms with Crippen LogP contribution in [0.1, 0.15) is 32.8 Å².